The Morgan fingerprint density at radius 3 is 2.72 bits per heavy atom. The molecule has 5 atom stereocenters. The molecule has 1 spiro atoms. The fourth-order valence-corrected chi connectivity index (χ4v) is 5.62. The van der Waals surface area contributed by atoms with Gasteiger partial charge >= 0.3 is 0 Å². The van der Waals surface area contributed by atoms with Gasteiger partial charge in [0.15, 0.2) is 0 Å². The van der Waals surface area contributed by atoms with Gasteiger partial charge in [-0.2, -0.15) is 0 Å². The number of rotatable bonds is 2. The molecule has 0 aromatic heterocycles. The summed E-state index contributed by atoms with van der Waals surface area (Å²) in [5.74, 6) is 0.908. The van der Waals surface area contributed by atoms with Gasteiger partial charge in [0.05, 0.1) is 12.5 Å². The van der Waals surface area contributed by atoms with Gasteiger partial charge in [0, 0.05) is 29.5 Å². The highest BCUT2D eigenvalue weighted by atomic mass is 16.5. The van der Waals surface area contributed by atoms with E-state index in [1.165, 1.54) is 0 Å². The van der Waals surface area contributed by atoms with E-state index in [4.69, 9.17) is 9.47 Å². The predicted octanol–water partition coefficient (Wildman–Crippen LogP) is 3.84. The molecule has 0 unspecified atom stereocenters. The zero-order chi connectivity index (χ0) is 20.3. The lowest BCUT2D eigenvalue weighted by Crippen LogP contribution is -2.55. The molecule has 5 rings (SSSR count). The van der Waals surface area contributed by atoms with E-state index in [0.717, 1.165) is 28.8 Å². The van der Waals surface area contributed by atoms with Gasteiger partial charge in [0.25, 0.3) is 0 Å². The van der Waals surface area contributed by atoms with Gasteiger partial charge in [-0.15, -0.1) is 0 Å². The molecule has 5 heteroatoms. The highest BCUT2D eigenvalue weighted by Gasteiger charge is 2.62. The number of amides is 1. The molecule has 0 saturated carbocycles. The number of ether oxygens (including phenoxy) is 2. The first-order valence-electron chi connectivity index (χ1n) is 9.94. The Hall–Kier alpha value is -3.08. The van der Waals surface area contributed by atoms with Crippen LogP contribution in [0.5, 0.6) is 11.5 Å². The third-order valence-corrected chi connectivity index (χ3v) is 6.99. The number of anilines is 1. The summed E-state index contributed by atoms with van der Waals surface area (Å²) in [5.41, 5.74) is 2.55. The molecule has 29 heavy (non-hydrogen) atoms. The van der Waals surface area contributed by atoms with Crippen LogP contribution < -0.4 is 14.8 Å². The third-order valence-electron chi connectivity index (χ3n) is 6.99. The minimum absolute atomic E-state index is 0.0514. The van der Waals surface area contributed by atoms with Gasteiger partial charge in [-0.1, -0.05) is 37.3 Å². The van der Waals surface area contributed by atoms with Crippen molar-refractivity contribution < 1.29 is 19.1 Å². The molecule has 2 aliphatic heterocycles. The minimum atomic E-state index is -0.867. The fraction of sp³-hybridized carbons (Fsp3) is 0.333. The molecule has 2 heterocycles. The molecular formula is C24H23NO4. The van der Waals surface area contributed by atoms with Gasteiger partial charge in [0.2, 0.25) is 5.91 Å². The van der Waals surface area contributed by atoms with E-state index in [0.29, 0.717) is 11.3 Å². The topological polar surface area (TPSA) is 64.6 Å². The molecule has 0 radical (unpaired) electrons. The number of benzene rings is 2. The summed E-state index contributed by atoms with van der Waals surface area (Å²) in [5, 5.41) is 3.09. The Labute approximate surface area is 169 Å². The van der Waals surface area contributed by atoms with Crippen molar-refractivity contribution in [2.24, 2.45) is 11.8 Å². The Bertz CT molecular complexity index is 1060. The van der Waals surface area contributed by atoms with Crippen molar-refractivity contribution >= 4 is 17.9 Å². The van der Waals surface area contributed by atoms with E-state index in [1.807, 2.05) is 62.4 Å². The standard InChI is InChI=1S/C24H23NO4/c1-13-15(12-26)10-18-14(2)29-21-11-16(28-3)8-9-17(21)22(18)24(13)19-6-4-5-7-20(19)25-23(24)27/h4-14,18,22H,1-3H3,(H,25,27)/t13-,14-,18-,22-,24-/m1/s1. The normalized spacial score (nSPS) is 31.7. The number of fused-ring (bicyclic) bond motifs is 6. The molecular weight excluding hydrogens is 366 g/mol. The van der Waals surface area contributed by atoms with E-state index >= 15 is 0 Å². The van der Waals surface area contributed by atoms with Crippen molar-refractivity contribution in [3.05, 3.63) is 65.2 Å². The molecule has 0 saturated heterocycles. The predicted molar refractivity (Wildman–Crippen MR) is 109 cm³/mol. The molecule has 1 N–H and O–H groups in total. The van der Waals surface area contributed by atoms with Gasteiger partial charge in [0.1, 0.15) is 23.9 Å². The number of hydrogen-bond acceptors (Lipinski definition) is 4. The maximum atomic E-state index is 13.7. The van der Waals surface area contributed by atoms with E-state index in [-0.39, 0.29) is 29.8 Å². The fourth-order valence-electron chi connectivity index (χ4n) is 5.62. The molecule has 3 aliphatic rings. The van der Waals surface area contributed by atoms with Crippen LogP contribution in [0.3, 0.4) is 0 Å². The third kappa shape index (κ3) is 2.21. The lowest BCUT2D eigenvalue weighted by molar-refractivity contribution is -0.125. The summed E-state index contributed by atoms with van der Waals surface area (Å²) in [6, 6.07) is 13.6. The molecule has 1 aliphatic carbocycles. The molecule has 1 amide bonds. The van der Waals surface area contributed by atoms with Crippen LogP contribution in [0.1, 0.15) is 30.9 Å². The zero-order valence-electron chi connectivity index (χ0n) is 16.6. The van der Waals surface area contributed by atoms with Crippen LogP contribution in [0, 0.1) is 11.8 Å². The van der Waals surface area contributed by atoms with Crippen LogP contribution in [0.4, 0.5) is 5.69 Å². The smallest absolute Gasteiger partial charge is 0.236 e. The summed E-state index contributed by atoms with van der Waals surface area (Å²) in [6.07, 6.45) is 2.73. The van der Waals surface area contributed by atoms with Crippen molar-refractivity contribution in [3.8, 4) is 11.5 Å². The van der Waals surface area contributed by atoms with Crippen LogP contribution in [-0.2, 0) is 15.0 Å². The molecule has 5 nitrogen and oxygen atoms in total. The number of allylic oxidation sites excluding steroid dienone is 1. The largest absolute Gasteiger partial charge is 0.497 e. The van der Waals surface area contributed by atoms with Gasteiger partial charge in [-0.25, -0.2) is 0 Å². The number of aldehydes is 1. The summed E-state index contributed by atoms with van der Waals surface area (Å²) >= 11 is 0. The Morgan fingerprint density at radius 1 is 1.17 bits per heavy atom. The number of para-hydroxylation sites is 1. The highest BCUT2D eigenvalue weighted by Crippen LogP contribution is 2.62. The number of methoxy groups -OCH3 is 1. The number of carbonyl (C=O) groups is 2. The minimum Gasteiger partial charge on any atom is -0.497 e. The van der Waals surface area contributed by atoms with E-state index in [1.54, 1.807) is 7.11 Å². The summed E-state index contributed by atoms with van der Waals surface area (Å²) in [4.78, 5) is 25.6. The lowest BCUT2D eigenvalue weighted by Gasteiger charge is -2.51. The second-order valence-corrected chi connectivity index (χ2v) is 8.16. The van der Waals surface area contributed by atoms with Crippen molar-refractivity contribution in [1.29, 1.82) is 0 Å². The SMILES string of the molecule is COc1ccc2c(c1)O[C@H](C)[C@H]1C=C(C=O)[C@@H](C)[C@]3(C(=O)Nc4ccccc43)[C@H]21. The number of nitrogens with one attached hydrogen (secondary N) is 1. The van der Waals surface area contributed by atoms with Crippen LogP contribution >= 0.6 is 0 Å². The van der Waals surface area contributed by atoms with E-state index in [2.05, 4.69) is 5.32 Å². The molecule has 2 aromatic carbocycles. The Kier molecular flexibility index (Phi) is 3.85. The van der Waals surface area contributed by atoms with E-state index < -0.39 is 5.41 Å². The quantitative estimate of drug-likeness (QED) is 0.793. The van der Waals surface area contributed by atoms with Crippen LogP contribution in [-0.4, -0.2) is 25.4 Å². The summed E-state index contributed by atoms with van der Waals surface area (Å²) < 4.78 is 11.6. The lowest BCUT2D eigenvalue weighted by atomic mass is 9.52. The number of carbonyl (C=O) groups excluding carboxylic acids is 2. The van der Waals surface area contributed by atoms with E-state index in [9.17, 15) is 9.59 Å². The second-order valence-electron chi connectivity index (χ2n) is 8.16. The molecule has 0 bridgehead atoms. The van der Waals surface area contributed by atoms with Gasteiger partial charge in [-0.05, 0) is 35.8 Å². The van der Waals surface area contributed by atoms with Crippen LogP contribution in [0.2, 0.25) is 0 Å². The van der Waals surface area contributed by atoms with Crippen molar-refractivity contribution in [1.82, 2.24) is 0 Å². The molecule has 148 valence electrons. The van der Waals surface area contributed by atoms with Crippen LogP contribution in [0.25, 0.3) is 0 Å². The Balaban J connectivity index is 1.83. The van der Waals surface area contributed by atoms with Gasteiger partial charge in [-0.3, -0.25) is 9.59 Å². The number of hydrogen-bond donors (Lipinski definition) is 1. The molecule has 0 fully saturated rings. The second kappa shape index (κ2) is 6.21. The highest BCUT2D eigenvalue weighted by molar-refractivity contribution is 6.08. The first-order valence-corrected chi connectivity index (χ1v) is 9.94. The maximum Gasteiger partial charge on any atom is 0.236 e. The Morgan fingerprint density at radius 2 is 1.97 bits per heavy atom. The monoisotopic (exact) mass is 389 g/mol. The average molecular weight is 389 g/mol. The van der Waals surface area contributed by atoms with Crippen molar-refractivity contribution in [2.45, 2.75) is 31.3 Å². The molecule has 2 aromatic rings. The zero-order valence-corrected chi connectivity index (χ0v) is 16.6. The van der Waals surface area contributed by atoms with Crippen LogP contribution in [0.15, 0.2) is 54.1 Å². The summed E-state index contributed by atoms with van der Waals surface area (Å²) in [6.45, 7) is 3.99. The average Bonchev–Trinajstić information content (AvgIpc) is 3.02. The summed E-state index contributed by atoms with van der Waals surface area (Å²) in [7, 11) is 1.63. The van der Waals surface area contributed by atoms with Gasteiger partial charge < -0.3 is 14.8 Å². The first kappa shape index (κ1) is 18.0. The maximum absolute atomic E-state index is 13.7. The van der Waals surface area contributed by atoms with Crippen molar-refractivity contribution in [2.75, 3.05) is 12.4 Å². The van der Waals surface area contributed by atoms with Crippen molar-refractivity contribution in [3.63, 3.8) is 0 Å². The first-order chi connectivity index (χ1) is 14.0.